The molecule has 0 aliphatic rings. The zero-order chi connectivity index (χ0) is 14.6. The van der Waals surface area contributed by atoms with Crippen LogP contribution >= 0.6 is 11.6 Å². The Bertz CT molecular complexity index is 488. The van der Waals surface area contributed by atoms with E-state index in [-0.39, 0.29) is 28.8 Å². The first-order chi connectivity index (χ1) is 8.81. The Kier molecular flexibility index (Phi) is 5.18. The predicted molar refractivity (Wildman–Crippen MR) is 71.5 cm³/mol. The van der Waals surface area contributed by atoms with Gasteiger partial charge in [-0.3, -0.25) is 9.59 Å². The molecule has 1 aromatic carbocycles. The first-order valence-corrected chi connectivity index (χ1v) is 6.18. The maximum atomic E-state index is 12.2. The fourth-order valence-electron chi connectivity index (χ4n) is 1.65. The summed E-state index contributed by atoms with van der Waals surface area (Å²) in [4.78, 5) is 24.2. The number of phenolic OH excluding ortho intramolecular Hbond substituents is 1. The zero-order valence-electron chi connectivity index (χ0n) is 10.8. The Morgan fingerprint density at radius 1 is 1.37 bits per heavy atom. The molecule has 0 fully saturated rings. The monoisotopic (exact) mass is 285 g/mol. The molecule has 1 amide bonds. The molecule has 0 atom stereocenters. The fourth-order valence-corrected chi connectivity index (χ4v) is 1.83. The van der Waals surface area contributed by atoms with Gasteiger partial charge in [0, 0.05) is 12.1 Å². The van der Waals surface area contributed by atoms with Crippen LogP contribution in [0.3, 0.4) is 0 Å². The van der Waals surface area contributed by atoms with Crippen LogP contribution in [0, 0.1) is 5.92 Å². The lowest BCUT2D eigenvalue weighted by Crippen LogP contribution is -2.38. The van der Waals surface area contributed by atoms with Crippen molar-refractivity contribution in [1.82, 2.24) is 4.90 Å². The summed E-state index contributed by atoms with van der Waals surface area (Å²) in [7, 11) is 0. The van der Waals surface area contributed by atoms with Gasteiger partial charge in [0.1, 0.15) is 12.3 Å². The van der Waals surface area contributed by atoms with Crippen LogP contribution in [0.5, 0.6) is 5.75 Å². The lowest BCUT2D eigenvalue weighted by molar-refractivity contribution is -0.137. The minimum atomic E-state index is -1.07. The van der Waals surface area contributed by atoms with E-state index in [2.05, 4.69) is 0 Å². The molecule has 0 saturated heterocycles. The summed E-state index contributed by atoms with van der Waals surface area (Å²) in [6, 6.07) is 4.05. The number of aliphatic carboxylic acids is 1. The Balaban J connectivity index is 2.97. The van der Waals surface area contributed by atoms with Gasteiger partial charge in [0.25, 0.3) is 5.91 Å². The molecule has 1 aromatic rings. The molecule has 19 heavy (non-hydrogen) atoms. The van der Waals surface area contributed by atoms with Gasteiger partial charge in [-0.25, -0.2) is 0 Å². The smallest absolute Gasteiger partial charge is 0.323 e. The van der Waals surface area contributed by atoms with Gasteiger partial charge >= 0.3 is 5.97 Å². The summed E-state index contributed by atoms with van der Waals surface area (Å²) in [6.45, 7) is 3.76. The number of rotatable bonds is 5. The number of benzene rings is 1. The van der Waals surface area contributed by atoms with Crippen molar-refractivity contribution in [3.63, 3.8) is 0 Å². The molecular formula is C13H16ClNO4. The second-order valence-electron chi connectivity index (χ2n) is 4.64. The molecule has 6 heteroatoms. The minimum absolute atomic E-state index is 0.0608. The average Bonchev–Trinajstić information content (AvgIpc) is 2.29. The molecule has 5 nitrogen and oxygen atoms in total. The largest absolute Gasteiger partial charge is 0.506 e. The number of carboxylic acid groups (broad SMARTS) is 1. The van der Waals surface area contributed by atoms with Crippen LogP contribution in [0.2, 0.25) is 5.02 Å². The number of carboxylic acids is 1. The van der Waals surface area contributed by atoms with Crippen LogP contribution < -0.4 is 0 Å². The highest BCUT2D eigenvalue weighted by Gasteiger charge is 2.20. The van der Waals surface area contributed by atoms with E-state index in [0.717, 1.165) is 0 Å². The first-order valence-electron chi connectivity index (χ1n) is 5.81. The van der Waals surface area contributed by atoms with Crippen molar-refractivity contribution in [3.05, 3.63) is 28.8 Å². The molecule has 0 aliphatic heterocycles. The van der Waals surface area contributed by atoms with Gasteiger partial charge in [0.15, 0.2) is 0 Å². The normalized spacial score (nSPS) is 10.5. The van der Waals surface area contributed by atoms with Gasteiger partial charge in [0.05, 0.1) is 5.02 Å². The van der Waals surface area contributed by atoms with Crippen LogP contribution in [0.25, 0.3) is 0 Å². The average molecular weight is 286 g/mol. The second-order valence-corrected chi connectivity index (χ2v) is 5.05. The standard InChI is InChI=1S/C13H16ClNO4/c1-8(2)6-15(7-12(17)18)13(19)9-3-4-11(16)10(14)5-9/h3-5,8,16H,6-7H2,1-2H3,(H,17,18). The Morgan fingerprint density at radius 2 is 2.00 bits per heavy atom. The van der Waals surface area contributed by atoms with E-state index >= 15 is 0 Å². The van der Waals surface area contributed by atoms with E-state index in [1.54, 1.807) is 0 Å². The summed E-state index contributed by atoms with van der Waals surface area (Å²) >= 11 is 5.74. The van der Waals surface area contributed by atoms with Crippen LogP contribution in [-0.2, 0) is 4.79 Å². The number of hydrogen-bond donors (Lipinski definition) is 2. The SMILES string of the molecule is CC(C)CN(CC(=O)O)C(=O)c1ccc(O)c(Cl)c1. The third-order valence-corrected chi connectivity index (χ3v) is 2.70. The highest BCUT2D eigenvalue weighted by molar-refractivity contribution is 6.32. The quantitative estimate of drug-likeness (QED) is 0.869. The Hall–Kier alpha value is -1.75. The van der Waals surface area contributed by atoms with E-state index in [1.807, 2.05) is 13.8 Å². The van der Waals surface area contributed by atoms with Crippen molar-refractivity contribution in [3.8, 4) is 5.75 Å². The van der Waals surface area contributed by atoms with E-state index in [4.69, 9.17) is 16.7 Å². The summed E-state index contributed by atoms with van der Waals surface area (Å²) < 4.78 is 0. The highest BCUT2D eigenvalue weighted by atomic mass is 35.5. The number of nitrogens with zero attached hydrogens (tertiary/aromatic N) is 1. The third kappa shape index (κ3) is 4.44. The number of halogens is 1. The maximum Gasteiger partial charge on any atom is 0.323 e. The predicted octanol–water partition coefficient (Wildman–Crippen LogP) is 2.23. The molecule has 0 aromatic heterocycles. The molecule has 2 N–H and O–H groups in total. The van der Waals surface area contributed by atoms with Gasteiger partial charge < -0.3 is 15.1 Å². The number of aromatic hydroxyl groups is 1. The van der Waals surface area contributed by atoms with E-state index in [9.17, 15) is 14.7 Å². The number of phenols is 1. The number of carbonyl (C=O) groups excluding carboxylic acids is 1. The molecular weight excluding hydrogens is 270 g/mol. The third-order valence-electron chi connectivity index (χ3n) is 2.39. The summed E-state index contributed by atoms with van der Waals surface area (Å²) in [5.41, 5.74) is 0.254. The Labute approximate surface area is 116 Å². The topological polar surface area (TPSA) is 77.8 Å². The summed E-state index contributed by atoms with van der Waals surface area (Å²) in [5, 5.41) is 18.2. The van der Waals surface area contributed by atoms with Gasteiger partial charge in [-0.2, -0.15) is 0 Å². The lowest BCUT2D eigenvalue weighted by atomic mass is 10.1. The van der Waals surface area contributed by atoms with Crippen molar-refractivity contribution in [2.45, 2.75) is 13.8 Å². The van der Waals surface area contributed by atoms with Crippen molar-refractivity contribution in [2.24, 2.45) is 5.92 Å². The van der Waals surface area contributed by atoms with Crippen molar-refractivity contribution < 1.29 is 19.8 Å². The highest BCUT2D eigenvalue weighted by Crippen LogP contribution is 2.24. The molecule has 0 saturated carbocycles. The van der Waals surface area contributed by atoms with Gasteiger partial charge in [-0.15, -0.1) is 0 Å². The molecule has 0 heterocycles. The van der Waals surface area contributed by atoms with Crippen LogP contribution in [-0.4, -0.2) is 40.1 Å². The number of carbonyl (C=O) groups is 2. The van der Waals surface area contributed by atoms with E-state index in [1.165, 1.54) is 23.1 Å². The van der Waals surface area contributed by atoms with Crippen LogP contribution in [0.4, 0.5) is 0 Å². The maximum absolute atomic E-state index is 12.2. The van der Waals surface area contributed by atoms with E-state index in [0.29, 0.717) is 6.54 Å². The molecule has 0 aliphatic carbocycles. The van der Waals surface area contributed by atoms with Crippen LogP contribution in [0.1, 0.15) is 24.2 Å². The summed E-state index contributed by atoms with van der Waals surface area (Å²) in [6.07, 6.45) is 0. The lowest BCUT2D eigenvalue weighted by Gasteiger charge is -2.22. The Morgan fingerprint density at radius 3 is 2.47 bits per heavy atom. The van der Waals surface area contributed by atoms with Gasteiger partial charge in [-0.05, 0) is 24.1 Å². The van der Waals surface area contributed by atoms with Gasteiger partial charge in [-0.1, -0.05) is 25.4 Å². The molecule has 0 spiro atoms. The van der Waals surface area contributed by atoms with Crippen molar-refractivity contribution in [1.29, 1.82) is 0 Å². The molecule has 104 valence electrons. The molecule has 0 radical (unpaired) electrons. The zero-order valence-corrected chi connectivity index (χ0v) is 11.5. The molecule has 0 unspecified atom stereocenters. The van der Waals surface area contributed by atoms with Crippen molar-refractivity contribution in [2.75, 3.05) is 13.1 Å². The first kappa shape index (κ1) is 15.3. The number of hydrogen-bond acceptors (Lipinski definition) is 3. The summed E-state index contributed by atoms with van der Waals surface area (Å²) in [5.74, 6) is -1.46. The van der Waals surface area contributed by atoms with Crippen LogP contribution in [0.15, 0.2) is 18.2 Å². The second kappa shape index (κ2) is 6.43. The minimum Gasteiger partial charge on any atom is -0.506 e. The van der Waals surface area contributed by atoms with Gasteiger partial charge in [0.2, 0.25) is 0 Å². The van der Waals surface area contributed by atoms with E-state index < -0.39 is 11.9 Å². The number of amides is 1. The fraction of sp³-hybridized carbons (Fsp3) is 0.385. The molecule has 1 rings (SSSR count). The molecule has 0 bridgehead atoms. The van der Waals surface area contributed by atoms with Crippen molar-refractivity contribution >= 4 is 23.5 Å².